The number of hydrogen-bond acceptors (Lipinski definition) is 5. The average molecular weight is 302 g/mol. The molecule has 0 bridgehead atoms. The summed E-state index contributed by atoms with van der Waals surface area (Å²) in [7, 11) is 4.46. The number of methoxy groups -OCH3 is 3. The summed E-state index contributed by atoms with van der Waals surface area (Å²) in [6.07, 6.45) is 3.48. The van der Waals surface area contributed by atoms with Crippen LogP contribution in [0, 0.1) is 0 Å². The molecule has 0 amide bonds. The maximum Gasteiger partial charge on any atom is 0.207 e. The van der Waals surface area contributed by atoms with Gasteiger partial charge in [-0.1, -0.05) is 24.3 Å². The van der Waals surface area contributed by atoms with Crippen LogP contribution in [0.2, 0.25) is 0 Å². The Morgan fingerprint density at radius 1 is 0.818 bits per heavy atom. The number of phenolic OH excluding ortho intramolecular Hbond substituents is 2. The summed E-state index contributed by atoms with van der Waals surface area (Å²) in [5.41, 5.74) is 1.35. The first-order valence-electron chi connectivity index (χ1n) is 6.59. The normalized spacial score (nSPS) is 10.7. The molecule has 0 heterocycles. The van der Waals surface area contributed by atoms with Gasteiger partial charge < -0.3 is 24.4 Å². The zero-order valence-corrected chi connectivity index (χ0v) is 12.7. The molecule has 0 atom stereocenters. The van der Waals surface area contributed by atoms with E-state index in [9.17, 15) is 10.2 Å². The van der Waals surface area contributed by atoms with Crippen molar-refractivity contribution < 1.29 is 24.4 Å². The van der Waals surface area contributed by atoms with E-state index in [0.717, 1.165) is 11.3 Å². The zero-order chi connectivity index (χ0) is 16.1. The van der Waals surface area contributed by atoms with Gasteiger partial charge in [0.05, 0.1) is 21.3 Å². The van der Waals surface area contributed by atoms with Crippen LogP contribution >= 0.6 is 0 Å². The maximum atomic E-state index is 10.0. The van der Waals surface area contributed by atoms with Crippen LogP contribution in [0.25, 0.3) is 12.2 Å². The third-order valence-corrected chi connectivity index (χ3v) is 3.22. The Labute approximate surface area is 129 Å². The molecule has 0 aliphatic rings. The van der Waals surface area contributed by atoms with E-state index < -0.39 is 0 Å². The molecule has 2 rings (SSSR count). The van der Waals surface area contributed by atoms with E-state index in [1.54, 1.807) is 25.3 Å². The van der Waals surface area contributed by atoms with Crippen LogP contribution in [0.4, 0.5) is 0 Å². The van der Waals surface area contributed by atoms with Crippen LogP contribution in [0.15, 0.2) is 30.3 Å². The van der Waals surface area contributed by atoms with Crippen LogP contribution in [0.1, 0.15) is 11.1 Å². The molecule has 22 heavy (non-hydrogen) atoms. The van der Waals surface area contributed by atoms with Gasteiger partial charge in [0.25, 0.3) is 0 Å². The zero-order valence-electron chi connectivity index (χ0n) is 12.7. The van der Waals surface area contributed by atoms with Gasteiger partial charge in [0, 0.05) is 5.56 Å². The topological polar surface area (TPSA) is 68.2 Å². The lowest BCUT2D eigenvalue weighted by Gasteiger charge is -2.12. The fourth-order valence-corrected chi connectivity index (χ4v) is 2.01. The molecule has 5 nitrogen and oxygen atoms in total. The monoisotopic (exact) mass is 302 g/mol. The lowest BCUT2D eigenvalue weighted by Crippen LogP contribution is -1.92. The van der Waals surface area contributed by atoms with Crippen molar-refractivity contribution in [2.75, 3.05) is 21.3 Å². The number of benzene rings is 2. The summed E-state index contributed by atoms with van der Waals surface area (Å²) in [4.78, 5) is 0. The third-order valence-electron chi connectivity index (χ3n) is 3.22. The molecule has 0 unspecified atom stereocenters. The van der Waals surface area contributed by atoms with E-state index in [1.165, 1.54) is 14.2 Å². The van der Waals surface area contributed by atoms with E-state index in [0.29, 0.717) is 11.3 Å². The Hall–Kier alpha value is -2.82. The number of ether oxygens (including phenoxy) is 3. The molecule has 5 heteroatoms. The molecule has 0 saturated heterocycles. The highest BCUT2D eigenvalue weighted by Crippen LogP contribution is 2.45. The molecule has 116 valence electrons. The van der Waals surface area contributed by atoms with Crippen LogP contribution < -0.4 is 14.2 Å². The first-order chi connectivity index (χ1) is 10.6. The molecule has 0 radical (unpaired) electrons. The molecule has 0 saturated carbocycles. The number of hydrogen-bond donors (Lipinski definition) is 2. The van der Waals surface area contributed by atoms with Gasteiger partial charge in [-0.3, -0.25) is 0 Å². The quantitative estimate of drug-likeness (QED) is 0.655. The lowest BCUT2D eigenvalue weighted by molar-refractivity contribution is 0.320. The van der Waals surface area contributed by atoms with Crippen molar-refractivity contribution in [2.24, 2.45) is 0 Å². The summed E-state index contributed by atoms with van der Waals surface area (Å²) in [6.45, 7) is 0. The number of rotatable bonds is 5. The molecule has 2 N–H and O–H groups in total. The standard InChI is InChI=1S/C17H18O5/c1-20-13-8-5-11(6-9-13)4-7-12-10-14(21-2)17(22-3)16(19)15(12)18/h4-10,18-19H,1-3H3/b7-4-. The summed E-state index contributed by atoms with van der Waals surface area (Å²) >= 11 is 0. The molecule has 2 aromatic carbocycles. The minimum Gasteiger partial charge on any atom is -0.504 e. The van der Waals surface area contributed by atoms with Gasteiger partial charge in [-0.2, -0.15) is 0 Å². The summed E-state index contributed by atoms with van der Waals surface area (Å²) in [5.74, 6) is 0.594. The van der Waals surface area contributed by atoms with Crippen molar-refractivity contribution in [1.29, 1.82) is 0 Å². The van der Waals surface area contributed by atoms with Crippen molar-refractivity contribution in [1.82, 2.24) is 0 Å². The summed E-state index contributed by atoms with van der Waals surface area (Å²) in [5, 5.41) is 20.0. The lowest BCUT2D eigenvalue weighted by atomic mass is 10.1. The predicted octanol–water partition coefficient (Wildman–Crippen LogP) is 3.29. The van der Waals surface area contributed by atoms with E-state index in [2.05, 4.69) is 0 Å². The van der Waals surface area contributed by atoms with Gasteiger partial charge in [0.1, 0.15) is 5.75 Å². The van der Waals surface area contributed by atoms with Crippen molar-refractivity contribution in [3.05, 3.63) is 41.5 Å². The molecular formula is C17H18O5. The van der Waals surface area contributed by atoms with Crippen LogP contribution in [0.3, 0.4) is 0 Å². The van der Waals surface area contributed by atoms with Crippen LogP contribution in [-0.4, -0.2) is 31.5 Å². The Morgan fingerprint density at radius 3 is 2.05 bits per heavy atom. The Bertz CT molecular complexity index is 674. The van der Waals surface area contributed by atoms with E-state index in [-0.39, 0.29) is 17.2 Å². The van der Waals surface area contributed by atoms with Crippen LogP contribution in [-0.2, 0) is 0 Å². The Balaban J connectivity index is 2.35. The molecular weight excluding hydrogens is 284 g/mol. The minimum absolute atomic E-state index is 0.0987. The van der Waals surface area contributed by atoms with Gasteiger partial charge in [0.15, 0.2) is 11.5 Å². The van der Waals surface area contributed by atoms with Gasteiger partial charge in [0.2, 0.25) is 11.5 Å². The van der Waals surface area contributed by atoms with Gasteiger partial charge in [-0.15, -0.1) is 0 Å². The summed E-state index contributed by atoms with van der Waals surface area (Å²) in [6, 6.07) is 9.03. The highest BCUT2D eigenvalue weighted by molar-refractivity contribution is 5.77. The molecule has 0 aliphatic heterocycles. The fraction of sp³-hybridized carbons (Fsp3) is 0.176. The second-order valence-corrected chi connectivity index (χ2v) is 4.51. The van der Waals surface area contributed by atoms with Crippen molar-refractivity contribution in [3.63, 3.8) is 0 Å². The second-order valence-electron chi connectivity index (χ2n) is 4.51. The van der Waals surface area contributed by atoms with Gasteiger partial charge in [-0.05, 0) is 23.8 Å². The van der Waals surface area contributed by atoms with Crippen molar-refractivity contribution >= 4 is 12.2 Å². The first-order valence-corrected chi connectivity index (χ1v) is 6.59. The van der Waals surface area contributed by atoms with E-state index in [4.69, 9.17) is 14.2 Å². The van der Waals surface area contributed by atoms with Crippen molar-refractivity contribution in [3.8, 4) is 28.7 Å². The largest absolute Gasteiger partial charge is 0.504 e. The maximum absolute atomic E-state index is 10.0. The highest BCUT2D eigenvalue weighted by Gasteiger charge is 2.17. The van der Waals surface area contributed by atoms with Crippen molar-refractivity contribution in [2.45, 2.75) is 0 Å². The van der Waals surface area contributed by atoms with Gasteiger partial charge in [-0.25, -0.2) is 0 Å². The SMILES string of the molecule is COc1ccc(/C=C\c2cc(OC)c(OC)c(O)c2O)cc1. The third kappa shape index (κ3) is 3.09. The Morgan fingerprint density at radius 2 is 1.50 bits per heavy atom. The van der Waals surface area contributed by atoms with E-state index in [1.807, 2.05) is 24.3 Å². The molecule has 0 aromatic heterocycles. The predicted molar refractivity (Wildman–Crippen MR) is 84.8 cm³/mol. The first kappa shape index (κ1) is 15.6. The number of phenols is 2. The molecule has 0 spiro atoms. The average Bonchev–Trinajstić information content (AvgIpc) is 2.56. The molecule has 2 aromatic rings. The fourth-order valence-electron chi connectivity index (χ4n) is 2.01. The second kappa shape index (κ2) is 6.76. The molecule has 0 aliphatic carbocycles. The van der Waals surface area contributed by atoms with Gasteiger partial charge >= 0.3 is 0 Å². The smallest absolute Gasteiger partial charge is 0.207 e. The van der Waals surface area contributed by atoms with E-state index >= 15 is 0 Å². The highest BCUT2D eigenvalue weighted by atomic mass is 16.5. The summed E-state index contributed by atoms with van der Waals surface area (Å²) < 4.78 is 15.3. The minimum atomic E-state index is -0.351. The number of aromatic hydroxyl groups is 2. The van der Waals surface area contributed by atoms with Crippen LogP contribution in [0.5, 0.6) is 28.7 Å². The molecule has 0 fully saturated rings. The Kier molecular flexibility index (Phi) is 4.78.